The molecule has 3 rings (SSSR count). The first-order valence-corrected chi connectivity index (χ1v) is 8.76. The minimum absolute atomic E-state index is 0.0857. The molecule has 0 spiro atoms. The highest BCUT2D eigenvalue weighted by Gasteiger charge is 2.25. The standard InChI is InChI=1S/C18H27N5O/c1-12(2)21-6-8-22(9-7-21)18(24)16-10-15-11-19-23(13(3)4)17(15)20-14(16)5/h10-13H,6-9H2,1-5H3. The van der Waals surface area contributed by atoms with E-state index in [0.29, 0.717) is 11.6 Å². The second-order valence-corrected chi connectivity index (χ2v) is 7.14. The lowest BCUT2D eigenvalue weighted by Crippen LogP contribution is -2.50. The van der Waals surface area contributed by atoms with Crippen molar-refractivity contribution in [3.8, 4) is 0 Å². The van der Waals surface area contributed by atoms with E-state index in [0.717, 1.165) is 42.9 Å². The first kappa shape index (κ1) is 16.9. The number of carbonyl (C=O) groups is 1. The van der Waals surface area contributed by atoms with Crippen LogP contribution in [0.15, 0.2) is 12.3 Å². The largest absolute Gasteiger partial charge is 0.336 e. The van der Waals surface area contributed by atoms with Crippen LogP contribution in [0.5, 0.6) is 0 Å². The number of fused-ring (bicyclic) bond motifs is 1. The molecule has 6 nitrogen and oxygen atoms in total. The van der Waals surface area contributed by atoms with Crippen LogP contribution in [0.4, 0.5) is 0 Å². The molecule has 3 heterocycles. The molecule has 0 aromatic carbocycles. The quantitative estimate of drug-likeness (QED) is 0.868. The summed E-state index contributed by atoms with van der Waals surface area (Å²) in [5, 5.41) is 5.33. The average molecular weight is 329 g/mol. The highest BCUT2D eigenvalue weighted by Crippen LogP contribution is 2.21. The van der Waals surface area contributed by atoms with Gasteiger partial charge in [0.05, 0.1) is 17.5 Å². The smallest absolute Gasteiger partial charge is 0.255 e. The summed E-state index contributed by atoms with van der Waals surface area (Å²) < 4.78 is 1.90. The Kier molecular flexibility index (Phi) is 4.58. The maximum absolute atomic E-state index is 12.9. The Labute approximate surface area is 143 Å². The van der Waals surface area contributed by atoms with Crippen molar-refractivity contribution >= 4 is 16.9 Å². The zero-order chi connectivity index (χ0) is 17.4. The van der Waals surface area contributed by atoms with E-state index < -0.39 is 0 Å². The SMILES string of the molecule is Cc1nc2c(cnn2C(C)C)cc1C(=O)N1CCN(C(C)C)CC1. The zero-order valence-electron chi connectivity index (χ0n) is 15.3. The van der Waals surface area contributed by atoms with Crippen LogP contribution >= 0.6 is 0 Å². The van der Waals surface area contributed by atoms with Gasteiger partial charge in [0.25, 0.3) is 5.91 Å². The zero-order valence-corrected chi connectivity index (χ0v) is 15.3. The fourth-order valence-corrected chi connectivity index (χ4v) is 3.27. The van der Waals surface area contributed by atoms with E-state index in [1.165, 1.54) is 0 Å². The van der Waals surface area contributed by atoms with Crippen molar-refractivity contribution in [2.24, 2.45) is 0 Å². The average Bonchev–Trinajstić information content (AvgIpc) is 2.96. The topological polar surface area (TPSA) is 54.3 Å². The van der Waals surface area contributed by atoms with E-state index in [1.54, 1.807) is 6.20 Å². The van der Waals surface area contributed by atoms with Gasteiger partial charge < -0.3 is 4.90 Å². The molecular formula is C18H27N5O. The Bertz CT molecular complexity index is 741. The van der Waals surface area contributed by atoms with E-state index in [-0.39, 0.29) is 11.9 Å². The lowest BCUT2D eigenvalue weighted by molar-refractivity contribution is 0.0594. The molecular weight excluding hydrogens is 302 g/mol. The first-order valence-electron chi connectivity index (χ1n) is 8.76. The van der Waals surface area contributed by atoms with Crippen molar-refractivity contribution in [2.45, 2.75) is 46.7 Å². The van der Waals surface area contributed by atoms with Crippen LogP contribution in [-0.2, 0) is 0 Å². The fraction of sp³-hybridized carbons (Fsp3) is 0.611. The maximum atomic E-state index is 12.9. The van der Waals surface area contributed by atoms with Gasteiger partial charge in [-0.2, -0.15) is 5.10 Å². The number of nitrogens with zero attached hydrogens (tertiary/aromatic N) is 5. The summed E-state index contributed by atoms with van der Waals surface area (Å²) in [6.45, 7) is 13.9. The van der Waals surface area contributed by atoms with Crippen LogP contribution in [0.1, 0.15) is 49.8 Å². The van der Waals surface area contributed by atoms with Crippen molar-refractivity contribution in [1.82, 2.24) is 24.6 Å². The van der Waals surface area contributed by atoms with Gasteiger partial charge in [0, 0.05) is 43.6 Å². The van der Waals surface area contributed by atoms with Gasteiger partial charge in [0.2, 0.25) is 0 Å². The Balaban J connectivity index is 1.84. The third-order valence-electron chi connectivity index (χ3n) is 4.81. The minimum Gasteiger partial charge on any atom is -0.336 e. The normalized spacial score (nSPS) is 16.5. The van der Waals surface area contributed by atoms with Crippen molar-refractivity contribution in [2.75, 3.05) is 26.2 Å². The van der Waals surface area contributed by atoms with Gasteiger partial charge >= 0.3 is 0 Å². The van der Waals surface area contributed by atoms with Gasteiger partial charge in [-0.05, 0) is 40.7 Å². The number of hydrogen-bond donors (Lipinski definition) is 0. The molecule has 130 valence electrons. The lowest BCUT2D eigenvalue weighted by Gasteiger charge is -2.37. The van der Waals surface area contributed by atoms with Crippen LogP contribution in [0, 0.1) is 6.92 Å². The molecule has 1 saturated heterocycles. The maximum Gasteiger partial charge on any atom is 0.255 e. The van der Waals surface area contributed by atoms with Gasteiger partial charge in [-0.15, -0.1) is 0 Å². The van der Waals surface area contributed by atoms with Gasteiger partial charge in [0.15, 0.2) is 5.65 Å². The molecule has 1 aliphatic heterocycles. The minimum atomic E-state index is 0.0857. The number of hydrogen-bond acceptors (Lipinski definition) is 4. The summed E-state index contributed by atoms with van der Waals surface area (Å²) in [5.74, 6) is 0.0857. The number of amides is 1. The lowest BCUT2D eigenvalue weighted by atomic mass is 10.1. The van der Waals surface area contributed by atoms with E-state index in [2.05, 4.69) is 42.7 Å². The molecule has 2 aromatic heterocycles. The van der Waals surface area contributed by atoms with Gasteiger partial charge in [-0.25, -0.2) is 9.67 Å². The van der Waals surface area contributed by atoms with Crippen LogP contribution in [0.3, 0.4) is 0 Å². The van der Waals surface area contributed by atoms with Crippen LogP contribution in [-0.4, -0.2) is 62.7 Å². The molecule has 0 bridgehead atoms. The molecule has 0 radical (unpaired) electrons. The molecule has 0 aliphatic carbocycles. The van der Waals surface area contributed by atoms with Crippen LogP contribution in [0.2, 0.25) is 0 Å². The number of piperazine rings is 1. The van der Waals surface area contributed by atoms with Crippen molar-refractivity contribution < 1.29 is 4.79 Å². The van der Waals surface area contributed by atoms with Crippen molar-refractivity contribution in [3.05, 3.63) is 23.5 Å². The Morgan fingerprint density at radius 3 is 2.33 bits per heavy atom. The molecule has 1 amide bonds. The molecule has 0 unspecified atom stereocenters. The molecule has 0 N–H and O–H groups in total. The third-order valence-corrected chi connectivity index (χ3v) is 4.81. The Morgan fingerprint density at radius 2 is 1.75 bits per heavy atom. The predicted octanol–water partition coefficient (Wildman–Crippen LogP) is 2.49. The number of aryl methyl sites for hydroxylation is 1. The van der Waals surface area contributed by atoms with Gasteiger partial charge in [-0.1, -0.05) is 0 Å². The highest BCUT2D eigenvalue weighted by atomic mass is 16.2. The monoisotopic (exact) mass is 329 g/mol. The molecule has 1 aliphatic rings. The highest BCUT2D eigenvalue weighted by molar-refractivity contribution is 5.98. The van der Waals surface area contributed by atoms with Crippen molar-refractivity contribution in [1.29, 1.82) is 0 Å². The summed E-state index contributed by atoms with van der Waals surface area (Å²) in [7, 11) is 0. The number of rotatable bonds is 3. The first-order chi connectivity index (χ1) is 11.4. The van der Waals surface area contributed by atoms with E-state index in [9.17, 15) is 4.79 Å². The second-order valence-electron chi connectivity index (χ2n) is 7.14. The number of carbonyl (C=O) groups excluding carboxylic acids is 1. The number of aromatic nitrogens is 3. The Hall–Kier alpha value is -1.95. The molecule has 1 fully saturated rings. The molecule has 0 saturated carbocycles. The molecule has 6 heteroatoms. The van der Waals surface area contributed by atoms with Gasteiger partial charge in [-0.3, -0.25) is 9.69 Å². The summed E-state index contributed by atoms with van der Waals surface area (Å²) in [5.41, 5.74) is 2.33. The summed E-state index contributed by atoms with van der Waals surface area (Å²) in [4.78, 5) is 21.9. The van der Waals surface area contributed by atoms with Crippen LogP contribution in [0.25, 0.3) is 11.0 Å². The molecule has 0 atom stereocenters. The summed E-state index contributed by atoms with van der Waals surface area (Å²) in [6.07, 6.45) is 1.80. The van der Waals surface area contributed by atoms with Crippen molar-refractivity contribution in [3.63, 3.8) is 0 Å². The molecule has 24 heavy (non-hydrogen) atoms. The summed E-state index contributed by atoms with van der Waals surface area (Å²) >= 11 is 0. The fourth-order valence-electron chi connectivity index (χ4n) is 3.27. The Morgan fingerprint density at radius 1 is 1.08 bits per heavy atom. The van der Waals surface area contributed by atoms with E-state index >= 15 is 0 Å². The van der Waals surface area contributed by atoms with Gasteiger partial charge in [0.1, 0.15) is 0 Å². The molecule has 2 aromatic rings. The van der Waals surface area contributed by atoms with E-state index in [1.807, 2.05) is 22.6 Å². The van der Waals surface area contributed by atoms with Crippen LogP contribution < -0.4 is 0 Å². The van der Waals surface area contributed by atoms with E-state index in [4.69, 9.17) is 0 Å². The predicted molar refractivity (Wildman–Crippen MR) is 95.3 cm³/mol. The summed E-state index contributed by atoms with van der Waals surface area (Å²) in [6, 6.07) is 2.73. The second kappa shape index (κ2) is 6.51. The number of pyridine rings is 1. The third kappa shape index (κ3) is 3.02.